The van der Waals surface area contributed by atoms with E-state index in [1.807, 2.05) is 12.1 Å². The summed E-state index contributed by atoms with van der Waals surface area (Å²) in [7, 11) is 1.75. The molecule has 0 radical (unpaired) electrons. The van der Waals surface area contributed by atoms with Crippen LogP contribution >= 0.6 is 0 Å². The van der Waals surface area contributed by atoms with Crippen molar-refractivity contribution in [2.75, 3.05) is 29.9 Å². The second kappa shape index (κ2) is 10.7. The first-order valence-corrected chi connectivity index (χ1v) is 11.7. The number of fused-ring (bicyclic) bond motifs is 1. The molecule has 0 N–H and O–H groups in total. The Labute approximate surface area is 149 Å². The number of benzene rings is 2. The molecule has 0 aromatic heterocycles. The fourth-order valence-corrected chi connectivity index (χ4v) is 3.06. The first-order valence-electron chi connectivity index (χ1n) is 8.05. The summed E-state index contributed by atoms with van der Waals surface area (Å²) in [4.78, 5) is 2.22. The molecule has 4 heteroatoms. The van der Waals surface area contributed by atoms with Crippen molar-refractivity contribution in [2.45, 2.75) is 25.7 Å². The fourth-order valence-electron chi connectivity index (χ4n) is 2.39. The first-order chi connectivity index (χ1) is 11.3. The van der Waals surface area contributed by atoms with Gasteiger partial charge in [-0.15, -0.1) is 0 Å². The summed E-state index contributed by atoms with van der Waals surface area (Å²) in [6.45, 7) is 1.64. The van der Waals surface area contributed by atoms with E-state index in [-0.39, 0.29) is 21.2 Å². The van der Waals surface area contributed by atoms with Crippen LogP contribution in [0.2, 0.25) is 0 Å². The molecular formula is C19H26IO3-. The van der Waals surface area contributed by atoms with Gasteiger partial charge in [-0.2, -0.15) is 0 Å². The van der Waals surface area contributed by atoms with E-state index in [4.69, 9.17) is 14.2 Å². The molecule has 0 aliphatic rings. The number of unbranched alkanes of at least 4 members (excludes halogenated alkanes) is 3. The molecule has 0 atom stereocenters. The van der Waals surface area contributed by atoms with Crippen LogP contribution in [0.3, 0.4) is 0 Å². The summed E-state index contributed by atoms with van der Waals surface area (Å²) in [6.07, 6.45) is 4.63. The quantitative estimate of drug-likeness (QED) is 0.308. The molecule has 0 spiro atoms. The molecule has 0 aliphatic carbocycles. The van der Waals surface area contributed by atoms with Crippen molar-refractivity contribution in [2.24, 2.45) is 0 Å². The van der Waals surface area contributed by atoms with Crippen LogP contribution in [0.4, 0.5) is 0 Å². The van der Waals surface area contributed by atoms with Gasteiger partial charge in [0.05, 0.1) is 0 Å². The topological polar surface area (TPSA) is 27.7 Å². The third kappa shape index (κ3) is 6.55. The van der Waals surface area contributed by atoms with Gasteiger partial charge in [-0.05, 0) is 6.42 Å². The molecule has 0 unspecified atom stereocenters. The molecule has 0 saturated carbocycles. The zero-order chi connectivity index (χ0) is 16.3. The number of alkyl halides is 2. The van der Waals surface area contributed by atoms with Crippen LogP contribution < -0.4 is 30.7 Å². The Morgan fingerprint density at radius 3 is 2.00 bits per heavy atom. The number of rotatable bonds is 11. The van der Waals surface area contributed by atoms with Crippen LogP contribution in [-0.4, -0.2) is 29.9 Å². The molecule has 2 rings (SSSR count). The normalized spacial score (nSPS) is 11.0. The minimum absolute atomic E-state index is 0.168. The molecule has 0 heterocycles. The van der Waals surface area contributed by atoms with Crippen molar-refractivity contribution in [3.8, 4) is 11.5 Å². The van der Waals surface area contributed by atoms with Gasteiger partial charge < -0.3 is 4.74 Å². The molecule has 3 nitrogen and oxygen atoms in total. The Hall–Kier alpha value is -1.01. The second-order valence-corrected chi connectivity index (χ2v) is 7.60. The van der Waals surface area contributed by atoms with Crippen LogP contribution in [0.15, 0.2) is 36.4 Å². The van der Waals surface area contributed by atoms with Crippen LogP contribution in [0, 0.1) is 0 Å². The van der Waals surface area contributed by atoms with E-state index in [0.717, 1.165) is 42.2 Å². The Morgan fingerprint density at radius 2 is 1.39 bits per heavy atom. The molecule has 0 saturated heterocycles. The molecule has 0 bridgehead atoms. The maximum atomic E-state index is 5.86. The SMILES string of the molecule is COCCCCCCOc1ccc2cc(OC[I-]C)ccc2c1. The van der Waals surface area contributed by atoms with Crippen molar-refractivity contribution in [3.63, 3.8) is 0 Å². The van der Waals surface area contributed by atoms with Crippen LogP contribution in [0.1, 0.15) is 25.7 Å². The van der Waals surface area contributed by atoms with E-state index in [2.05, 4.69) is 29.2 Å². The van der Waals surface area contributed by atoms with E-state index in [1.165, 1.54) is 23.6 Å². The summed E-state index contributed by atoms with van der Waals surface area (Å²) >= 11 is 0.168. The Balaban J connectivity index is 1.81. The number of ether oxygens (including phenoxy) is 3. The number of halogens is 1. The van der Waals surface area contributed by atoms with Gasteiger partial charge in [0, 0.05) is 13.7 Å². The average Bonchev–Trinajstić information content (AvgIpc) is 2.59. The number of hydrogen-bond acceptors (Lipinski definition) is 3. The summed E-state index contributed by atoms with van der Waals surface area (Å²) < 4.78 is 17.5. The van der Waals surface area contributed by atoms with E-state index < -0.39 is 0 Å². The van der Waals surface area contributed by atoms with E-state index in [1.54, 1.807) is 7.11 Å². The molecule has 0 fully saturated rings. The van der Waals surface area contributed by atoms with Crippen LogP contribution in [0.25, 0.3) is 10.8 Å². The fraction of sp³-hybridized carbons (Fsp3) is 0.474. The molecule has 2 aromatic rings. The summed E-state index contributed by atoms with van der Waals surface area (Å²) in [6, 6.07) is 12.5. The number of methoxy groups -OCH3 is 1. The summed E-state index contributed by atoms with van der Waals surface area (Å²) in [5.74, 6) is 1.91. The molecule has 23 heavy (non-hydrogen) atoms. The van der Waals surface area contributed by atoms with E-state index >= 15 is 0 Å². The third-order valence-corrected chi connectivity index (χ3v) is 4.56. The van der Waals surface area contributed by atoms with Crippen molar-refractivity contribution >= 4 is 10.8 Å². The molecular weight excluding hydrogens is 403 g/mol. The minimum atomic E-state index is 0.168. The van der Waals surface area contributed by atoms with Gasteiger partial charge in [0.1, 0.15) is 0 Å². The zero-order valence-corrected chi connectivity index (χ0v) is 16.2. The van der Waals surface area contributed by atoms with E-state index in [9.17, 15) is 0 Å². The van der Waals surface area contributed by atoms with Crippen molar-refractivity contribution in [1.82, 2.24) is 0 Å². The molecule has 0 aliphatic heterocycles. The van der Waals surface area contributed by atoms with Crippen LogP contribution in [-0.2, 0) is 4.74 Å². The van der Waals surface area contributed by atoms with Gasteiger partial charge in [-0.3, -0.25) is 0 Å². The zero-order valence-electron chi connectivity index (χ0n) is 14.0. The molecule has 2 aromatic carbocycles. The van der Waals surface area contributed by atoms with E-state index in [0.29, 0.717) is 0 Å². The van der Waals surface area contributed by atoms with Gasteiger partial charge in [0.15, 0.2) is 0 Å². The second-order valence-electron chi connectivity index (χ2n) is 5.45. The van der Waals surface area contributed by atoms with Gasteiger partial charge in [-0.1, -0.05) is 6.42 Å². The van der Waals surface area contributed by atoms with Gasteiger partial charge >= 0.3 is 118 Å². The Morgan fingerprint density at radius 1 is 0.783 bits per heavy atom. The average molecular weight is 429 g/mol. The van der Waals surface area contributed by atoms with Crippen molar-refractivity contribution < 1.29 is 35.4 Å². The number of hydrogen-bond donors (Lipinski definition) is 0. The van der Waals surface area contributed by atoms with Gasteiger partial charge in [0.2, 0.25) is 0 Å². The predicted molar refractivity (Wildman–Crippen MR) is 91.2 cm³/mol. The van der Waals surface area contributed by atoms with Crippen molar-refractivity contribution in [1.29, 1.82) is 0 Å². The Kier molecular flexibility index (Phi) is 8.53. The molecule has 128 valence electrons. The third-order valence-electron chi connectivity index (χ3n) is 3.63. The predicted octanol–water partition coefficient (Wildman–Crippen LogP) is 1.48. The van der Waals surface area contributed by atoms with Gasteiger partial charge in [0.25, 0.3) is 0 Å². The summed E-state index contributed by atoms with van der Waals surface area (Å²) in [5, 5.41) is 2.39. The maximum absolute atomic E-state index is 5.86. The standard InChI is InChI=1S/C19H26IO3/c1-20-15-23-19-10-8-16-13-18(9-7-17(16)14-19)22-12-6-4-3-5-11-21-2/h7-10,13-14H,3-6,11-12,15H2,1-2H3/q-1. The van der Waals surface area contributed by atoms with Crippen molar-refractivity contribution in [3.05, 3.63) is 36.4 Å². The summed E-state index contributed by atoms with van der Waals surface area (Å²) in [5.41, 5.74) is 0. The Bertz CT molecular complexity index is 586. The first kappa shape index (κ1) is 18.3. The monoisotopic (exact) mass is 429 g/mol. The van der Waals surface area contributed by atoms with Crippen LogP contribution in [0.5, 0.6) is 11.5 Å². The van der Waals surface area contributed by atoms with Gasteiger partial charge in [-0.25, -0.2) is 0 Å². The molecule has 0 amide bonds.